The summed E-state index contributed by atoms with van der Waals surface area (Å²) in [6.45, 7) is 2.52. The van der Waals surface area contributed by atoms with Crippen molar-refractivity contribution in [1.29, 1.82) is 0 Å². The van der Waals surface area contributed by atoms with Crippen LogP contribution in [0.5, 0.6) is 11.5 Å². The standard InChI is InChI=1S/C12H16O3.C9H10O3/c1-3-4-9-15-12(13)10-7-5-6-8-11(10)14-2;1-11-8-6-4-3-5-7(8)9(10)12-2/h5-8H,3-4,9H2,1-2H3;3-6H,1-2H3. The lowest BCUT2D eigenvalue weighted by Gasteiger charge is -2.07. The van der Waals surface area contributed by atoms with Crippen LogP contribution in [0.25, 0.3) is 0 Å². The Morgan fingerprint density at radius 1 is 0.778 bits per heavy atom. The molecule has 2 aromatic rings. The number of unbranched alkanes of at least 4 members (excludes halogenated alkanes) is 1. The van der Waals surface area contributed by atoms with E-state index in [1.807, 2.05) is 6.07 Å². The Morgan fingerprint density at radius 3 is 1.70 bits per heavy atom. The topological polar surface area (TPSA) is 71.1 Å². The number of carbonyl (C=O) groups is 2. The third-order valence-corrected chi connectivity index (χ3v) is 3.57. The smallest absolute Gasteiger partial charge is 0.341 e. The Kier molecular flexibility index (Phi) is 10.1. The van der Waals surface area contributed by atoms with Crippen LogP contribution in [0.1, 0.15) is 40.5 Å². The molecule has 6 nitrogen and oxygen atoms in total. The quantitative estimate of drug-likeness (QED) is 0.536. The van der Waals surface area contributed by atoms with Crippen LogP contribution in [-0.4, -0.2) is 39.9 Å². The van der Waals surface area contributed by atoms with Gasteiger partial charge in [0.2, 0.25) is 0 Å². The molecule has 27 heavy (non-hydrogen) atoms. The maximum absolute atomic E-state index is 11.6. The highest BCUT2D eigenvalue weighted by Gasteiger charge is 2.12. The van der Waals surface area contributed by atoms with E-state index < -0.39 is 0 Å². The Morgan fingerprint density at radius 2 is 1.26 bits per heavy atom. The van der Waals surface area contributed by atoms with Gasteiger partial charge in [-0.25, -0.2) is 9.59 Å². The summed E-state index contributed by atoms with van der Waals surface area (Å²) in [6.07, 6.45) is 1.90. The van der Waals surface area contributed by atoms with E-state index in [2.05, 4.69) is 11.7 Å². The van der Waals surface area contributed by atoms with E-state index in [1.54, 1.807) is 42.5 Å². The lowest BCUT2D eigenvalue weighted by atomic mass is 10.2. The summed E-state index contributed by atoms with van der Waals surface area (Å²) < 4.78 is 19.7. The lowest BCUT2D eigenvalue weighted by Crippen LogP contribution is -2.07. The molecule has 0 aliphatic rings. The fourth-order valence-electron chi connectivity index (χ4n) is 2.12. The summed E-state index contributed by atoms with van der Waals surface area (Å²) in [4.78, 5) is 22.7. The van der Waals surface area contributed by atoms with Crippen LogP contribution in [0.15, 0.2) is 48.5 Å². The van der Waals surface area contributed by atoms with Gasteiger partial charge in [0.1, 0.15) is 22.6 Å². The second-order valence-electron chi connectivity index (χ2n) is 5.38. The van der Waals surface area contributed by atoms with Crippen LogP contribution in [0.3, 0.4) is 0 Å². The van der Waals surface area contributed by atoms with E-state index in [4.69, 9.17) is 14.2 Å². The van der Waals surface area contributed by atoms with Gasteiger partial charge >= 0.3 is 11.9 Å². The normalized spacial score (nSPS) is 9.48. The average molecular weight is 374 g/mol. The van der Waals surface area contributed by atoms with E-state index in [1.165, 1.54) is 21.3 Å². The summed E-state index contributed by atoms with van der Waals surface area (Å²) >= 11 is 0. The predicted octanol–water partition coefficient (Wildman–Crippen LogP) is 4.13. The van der Waals surface area contributed by atoms with Crippen LogP contribution in [-0.2, 0) is 9.47 Å². The maximum atomic E-state index is 11.6. The number of ether oxygens (including phenoxy) is 4. The number of para-hydroxylation sites is 2. The molecular weight excluding hydrogens is 348 g/mol. The highest BCUT2D eigenvalue weighted by atomic mass is 16.5. The predicted molar refractivity (Wildman–Crippen MR) is 103 cm³/mol. The van der Waals surface area contributed by atoms with Gasteiger partial charge in [0, 0.05) is 0 Å². The molecule has 2 rings (SSSR count). The Hall–Kier alpha value is -3.02. The lowest BCUT2D eigenvalue weighted by molar-refractivity contribution is 0.0495. The van der Waals surface area contributed by atoms with Crippen LogP contribution in [0, 0.1) is 0 Å². The number of methoxy groups -OCH3 is 3. The van der Waals surface area contributed by atoms with Gasteiger partial charge in [0.05, 0.1) is 27.9 Å². The number of esters is 2. The van der Waals surface area contributed by atoms with Gasteiger partial charge in [-0.1, -0.05) is 37.6 Å². The zero-order valence-electron chi connectivity index (χ0n) is 16.2. The molecule has 0 unspecified atom stereocenters. The van der Waals surface area contributed by atoms with Crippen molar-refractivity contribution >= 4 is 11.9 Å². The number of rotatable bonds is 7. The summed E-state index contributed by atoms with van der Waals surface area (Å²) in [5, 5.41) is 0. The summed E-state index contributed by atoms with van der Waals surface area (Å²) in [6, 6.07) is 14.0. The first-order valence-corrected chi connectivity index (χ1v) is 8.60. The minimum atomic E-state index is -0.382. The third-order valence-electron chi connectivity index (χ3n) is 3.57. The molecule has 0 saturated heterocycles. The van der Waals surface area contributed by atoms with Crippen molar-refractivity contribution in [2.75, 3.05) is 27.9 Å². The molecule has 0 spiro atoms. The molecule has 0 radical (unpaired) electrons. The summed E-state index contributed by atoms with van der Waals surface area (Å²) in [7, 11) is 4.40. The number of benzene rings is 2. The number of carbonyl (C=O) groups excluding carboxylic acids is 2. The van der Waals surface area contributed by atoms with Crippen molar-refractivity contribution in [3.8, 4) is 11.5 Å². The monoisotopic (exact) mass is 374 g/mol. The first-order chi connectivity index (χ1) is 13.1. The van der Waals surface area contributed by atoms with Crippen LogP contribution in [0.2, 0.25) is 0 Å². The molecule has 146 valence electrons. The minimum absolute atomic E-state index is 0.319. The van der Waals surface area contributed by atoms with E-state index in [0.717, 1.165) is 12.8 Å². The third kappa shape index (κ3) is 7.01. The first kappa shape index (κ1) is 22.0. The van der Waals surface area contributed by atoms with Crippen LogP contribution >= 0.6 is 0 Å². The average Bonchev–Trinajstić information content (AvgIpc) is 2.73. The molecule has 0 saturated carbocycles. The van der Waals surface area contributed by atoms with Gasteiger partial charge in [-0.2, -0.15) is 0 Å². The Bertz CT molecular complexity index is 726. The highest BCUT2D eigenvalue weighted by Crippen LogP contribution is 2.18. The maximum Gasteiger partial charge on any atom is 0.341 e. The fraction of sp³-hybridized carbons (Fsp3) is 0.333. The van der Waals surface area contributed by atoms with Gasteiger partial charge in [0.15, 0.2) is 0 Å². The van der Waals surface area contributed by atoms with E-state index in [0.29, 0.717) is 29.2 Å². The molecule has 0 aliphatic carbocycles. The Labute approximate surface area is 160 Å². The first-order valence-electron chi connectivity index (χ1n) is 8.60. The number of hydrogen-bond donors (Lipinski definition) is 0. The van der Waals surface area contributed by atoms with Crippen molar-refractivity contribution in [3.05, 3.63) is 59.7 Å². The molecule has 0 heterocycles. The fourth-order valence-corrected chi connectivity index (χ4v) is 2.12. The van der Waals surface area contributed by atoms with Crippen molar-refractivity contribution in [3.63, 3.8) is 0 Å². The van der Waals surface area contributed by atoms with Crippen molar-refractivity contribution in [2.45, 2.75) is 19.8 Å². The SMILES string of the molecule is CCCCOC(=O)c1ccccc1OC.COC(=O)c1ccccc1OC. The van der Waals surface area contributed by atoms with Crippen LogP contribution < -0.4 is 9.47 Å². The molecule has 6 heteroatoms. The van der Waals surface area contributed by atoms with Gasteiger partial charge in [-0.15, -0.1) is 0 Å². The largest absolute Gasteiger partial charge is 0.496 e. The zero-order chi connectivity index (χ0) is 20.1. The van der Waals surface area contributed by atoms with E-state index in [-0.39, 0.29) is 11.9 Å². The molecule has 2 aromatic carbocycles. The molecule has 0 atom stereocenters. The van der Waals surface area contributed by atoms with Gasteiger partial charge in [-0.05, 0) is 30.7 Å². The number of hydrogen-bond acceptors (Lipinski definition) is 6. The molecule has 0 amide bonds. The highest BCUT2D eigenvalue weighted by molar-refractivity contribution is 5.92. The summed E-state index contributed by atoms with van der Waals surface area (Å²) in [5.74, 6) is 0.386. The van der Waals surface area contributed by atoms with Crippen molar-refractivity contribution in [1.82, 2.24) is 0 Å². The second-order valence-corrected chi connectivity index (χ2v) is 5.38. The van der Waals surface area contributed by atoms with Crippen LogP contribution in [0.4, 0.5) is 0 Å². The van der Waals surface area contributed by atoms with E-state index in [9.17, 15) is 9.59 Å². The molecule has 0 N–H and O–H groups in total. The van der Waals surface area contributed by atoms with Crippen molar-refractivity contribution in [2.24, 2.45) is 0 Å². The van der Waals surface area contributed by atoms with Gasteiger partial charge < -0.3 is 18.9 Å². The molecule has 0 aliphatic heterocycles. The minimum Gasteiger partial charge on any atom is -0.496 e. The van der Waals surface area contributed by atoms with E-state index >= 15 is 0 Å². The second kappa shape index (κ2) is 12.4. The molecular formula is C21H26O6. The van der Waals surface area contributed by atoms with Crippen molar-refractivity contribution < 1.29 is 28.5 Å². The zero-order valence-corrected chi connectivity index (χ0v) is 16.2. The summed E-state index contributed by atoms with van der Waals surface area (Å²) in [5.41, 5.74) is 0.929. The van der Waals surface area contributed by atoms with Gasteiger partial charge in [-0.3, -0.25) is 0 Å². The molecule has 0 aromatic heterocycles. The molecule has 0 fully saturated rings. The van der Waals surface area contributed by atoms with Gasteiger partial charge in [0.25, 0.3) is 0 Å². The molecule has 0 bridgehead atoms. The Balaban J connectivity index is 0.000000277.